The zero-order chi connectivity index (χ0) is 34.2. The maximum Gasteiger partial charge on any atom is 0.249 e. The van der Waals surface area contributed by atoms with E-state index in [0.717, 1.165) is 84.9 Å². The van der Waals surface area contributed by atoms with Gasteiger partial charge in [-0.2, -0.15) is 5.10 Å². The van der Waals surface area contributed by atoms with Crippen molar-refractivity contribution in [2.45, 2.75) is 51.1 Å². The summed E-state index contributed by atoms with van der Waals surface area (Å²) in [6.07, 6.45) is 10.6. The third kappa shape index (κ3) is 6.07. The Morgan fingerprint density at radius 3 is 2.62 bits per heavy atom. The first kappa shape index (κ1) is 31.6. The first-order valence-electron chi connectivity index (χ1n) is 17.3. The smallest absolute Gasteiger partial charge is 0.249 e. The maximum absolute atomic E-state index is 12.9. The highest BCUT2D eigenvalue weighted by atomic mass is 16.3. The molecular formula is C38H39N9O3. The summed E-state index contributed by atoms with van der Waals surface area (Å²) in [5.74, 6) is 0.518. The van der Waals surface area contributed by atoms with E-state index < -0.39 is 6.04 Å². The number of nitrogens with two attached hydrogens (primary N) is 1. The zero-order valence-electron chi connectivity index (χ0n) is 27.7. The standard InChI is InChI=1S/C38H39N9O3/c39-36-29(20-30(43-44-36)27-7-2-4-10-33(27)48)26-21-41-46(23-26)22-24-14-18-45(19-15-24)17-5-6-25-13-16-40-37-35(25)28-8-1-3-9-31(28)47(37)32-11-12-34(49)42-38(32)50/h1-4,7-10,13,16,20-21,23-24,32,48H,5-6,11-12,14-15,17-19,22H2,(H2,39,44)(H,42,49,50). The van der Waals surface area contributed by atoms with Gasteiger partial charge in [0, 0.05) is 52.8 Å². The number of hydrogen-bond donors (Lipinski definition) is 3. The van der Waals surface area contributed by atoms with Crippen molar-refractivity contribution < 1.29 is 14.7 Å². The molecule has 2 aromatic carbocycles. The number of amides is 2. The zero-order valence-corrected chi connectivity index (χ0v) is 27.7. The second kappa shape index (κ2) is 13.4. The molecule has 6 heterocycles. The predicted octanol–water partition coefficient (Wildman–Crippen LogP) is 5.12. The van der Waals surface area contributed by atoms with Crippen LogP contribution in [0.2, 0.25) is 0 Å². The Morgan fingerprint density at radius 2 is 1.78 bits per heavy atom. The number of imide groups is 1. The minimum atomic E-state index is -0.457. The highest BCUT2D eigenvalue weighted by molar-refractivity contribution is 6.10. The molecule has 2 fully saturated rings. The number of carbonyl (C=O) groups excluding carboxylic acids is 2. The summed E-state index contributed by atoms with van der Waals surface area (Å²) in [6, 6.07) is 18.7. The number of aromatic nitrogens is 6. The number of phenolic OH excluding ortho intramolecular Hbond substituents is 1. The molecule has 8 rings (SSSR count). The third-order valence-corrected chi connectivity index (χ3v) is 10.2. The van der Waals surface area contributed by atoms with Crippen LogP contribution in [0.4, 0.5) is 5.82 Å². The molecular weight excluding hydrogens is 630 g/mol. The Kier molecular flexibility index (Phi) is 8.45. The predicted molar refractivity (Wildman–Crippen MR) is 191 cm³/mol. The summed E-state index contributed by atoms with van der Waals surface area (Å²) in [7, 11) is 0. The van der Waals surface area contributed by atoms with Gasteiger partial charge in [-0.15, -0.1) is 10.2 Å². The number of nitrogens with zero attached hydrogens (tertiary/aromatic N) is 7. The molecule has 2 saturated heterocycles. The van der Waals surface area contributed by atoms with Gasteiger partial charge in [0.05, 0.1) is 17.4 Å². The van der Waals surface area contributed by atoms with Crippen LogP contribution in [0.1, 0.15) is 43.7 Å². The lowest BCUT2D eigenvalue weighted by atomic mass is 9.96. The fourth-order valence-corrected chi connectivity index (χ4v) is 7.63. The van der Waals surface area contributed by atoms with Crippen LogP contribution in [0.25, 0.3) is 44.3 Å². The number of aromatic hydroxyl groups is 1. The number of fused-ring (bicyclic) bond motifs is 3. The Bertz CT molecular complexity index is 2220. The summed E-state index contributed by atoms with van der Waals surface area (Å²) < 4.78 is 4.02. The van der Waals surface area contributed by atoms with E-state index in [1.54, 1.807) is 18.2 Å². The molecule has 2 aliphatic heterocycles. The number of carbonyl (C=O) groups is 2. The van der Waals surface area contributed by atoms with Crippen molar-refractivity contribution in [3.05, 3.63) is 84.8 Å². The van der Waals surface area contributed by atoms with E-state index in [0.29, 0.717) is 35.8 Å². The van der Waals surface area contributed by atoms with Crippen molar-refractivity contribution >= 4 is 39.6 Å². The van der Waals surface area contributed by atoms with Gasteiger partial charge in [-0.3, -0.25) is 19.6 Å². The van der Waals surface area contributed by atoms with Gasteiger partial charge in [-0.05, 0) is 93.6 Å². The molecule has 12 nitrogen and oxygen atoms in total. The molecule has 2 aliphatic rings. The van der Waals surface area contributed by atoms with Crippen LogP contribution in [-0.2, 0) is 22.6 Å². The lowest BCUT2D eigenvalue weighted by molar-refractivity contribution is -0.135. The van der Waals surface area contributed by atoms with Gasteiger partial charge in [0.1, 0.15) is 17.4 Å². The molecule has 4 N–H and O–H groups in total. The lowest BCUT2D eigenvalue weighted by Crippen LogP contribution is -2.41. The molecule has 4 aromatic heterocycles. The molecule has 0 spiro atoms. The van der Waals surface area contributed by atoms with E-state index in [2.05, 4.69) is 37.6 Å². The van der Waals surface area contributed by atoms with E-state index in [4.69, 9.17) is 10.7 Å². The minimum absolute atomic E-state index is 0.143. The number of nitrogens with one attached hydrogen (secondary N) is 1. The minimum Gasteiger partial charge on any atom is -0.507 e. The van der Waals surface area contributed by atoms with Gasteiger partial charge in [-0.25, -0.2) is 4.98 Å². The van der Waals surface area contributed by atoms with E-state index in [1.165, 1.54) is 5.56 Å². The highest BCUT2D eigenvalue weighted by Crippen LogP contribution is 2.36. The van der Waals surface area contributed by atoms with Gasteiger partial charge in [0.2, 0.25) is 11.8 Å². The van der Waals surface area contributed by atoms with Crippen molar-refractivity contribution in [3.8, 4) is 28.1 Å². The number of anilines is 1. The number of piperidine rings is 2. The summed E-state index contributed by atoms with van der Waals surface area (Å²) in [5.41, 5.74) is 12.0. The highest BCUT2D eigenvalue weighted by Gasteiger charge is 2.31. The van der Waals surface area contributed by atoms with Crippen molar-refractivity contribution in [2.24, 2.45) is 5.92 Å². The second-order valence-corrected chi connectivity index (χ2v) is 13.4. The molecule has 0 radical (unpaired) electrons. The van der Waals surface area contributed by atoms with Crippen LogP contribution < -0.4 is 11.1 Å². The molecule has 50 heavy (non-hydrogen) atoms. The molecule has 1 unspecified atom stereocenters. The lowest BCUT2D eigenvalue weighted by Gasteiger charge is -2.31. The van der Waals surface area contributed by atoms with Crippen molar-refractivity contribution in [1.29, 1.82) is 0 Å². The van der Waals surface area contributed by atoms with Crippen LogP contribution in [0.3, 0.4) is 0 Å². The average Bonchev–Trinajstić information content (AvgIpc) is 3.73. The normalized spacial score (nSPS) is 17.5. The number of likely N-dealkylation sites (tertiary alicyclic amines) is 1. The van der Waals surface area contributed by atoms with E-state index in [1.807, 2.05) is 58.2 Å². The number of benzene rings is 2. The molecule has 6 aromatic rings. The third-order valence-electron chi connectivity index (χ3n) is 10.2. The van der Waals surface area contributed by atoms with Crippen LogP contribution in [0, 0.1) is 5.92 Å². The summed E-state index contributed by atoms with van der Waals surface area (Å²) in [6.45, 7) is 3.95. The Labute approximate surface area is 288 Å². The van der Waals surface area contributed by atoms with Crippen LogP contribution in [-0.4, -0.2) is 71.0 Å². The van der Waals surface area contributed by atoms with Crippen molar-refractivity contribution in [2.75, 3.05) is 25.4 Å². The molecule has 12 heteroatoms. The van der Waals surface area contributed by atoms with E-state index in [9.17, 15) is 14.7 Å². The molecule has 1 atom stereocenters. The van der Waals surface area contributed by atoms with Gasteiger partial charge >= 0.3 is 0 Å². The number of para-hydroxylation sites is 2. The molecule has 0 bridgehead atoms. The largest absolute Gasteiger partial charge is 0.507 e. The van der Waals surface area contributed by atoms with E-state index in [-0.39, 0.29) is 17.6 Å². The monoisotopic (exact) mass is 669 g/mol. The number of nitrogen functional groups attached to an aromatic ring is 1. The maximum atomic E-state index is 12.9. The molecule has 0 saturated carbocycles. The molecule has 2 amide bonds. The van der Waals surface area contributed by atoms with Crippen molar-refractivity contribution in [1.82, 2.24) is 39.7 Å². The van der Waals surface area contributed by atoms with Crippen LogP contribution in [0.15, 0.2) is 79.3 Å². The molecule has 254 valence electrons. The van der Waals surface area contributed by atoms with Crippen LogP contribution >= 0.6 is 0 Å². The summed E-state index contributed by atoms with van der Waals surface area (Å²) in [5, 5.41) is 28.0. The van der Waals surface area contributed by atoms with Gasteiger partial charge in [0.25, 0.3) is 0 Å². The number of rotatable bonds is 9. The number of aryl methyl sites for hydroxylation is 1. The SMILES string of the molecule is Nc1nnc(-c2ccccc2O)cc1-c1cnn(CC2CCN(CCCc3ccnc4c3c3ccccc3n4C3CCC(=O)NC3=O)CC2)c1. The van der Waals surface area contributed by atoms with Gasteiger partial charge in [-0.1, -0.05) is 30.3 Å². The topological polar surface area (TPSA) is 157 Å². The van der Waals surface area contributed by atoms with E-state index >= 15 is 0 Å². The Morgan fingerprint density at radius 1 is 0.960 bits per heavy atom. The fraction of sp³-hybridized carbons (Fsp3) is 0.316. The van der Waals surface area contributed by atoms with Gasteiger partial charge < -0.3 is 20.3 Å². The van der Waals surface area contributed by atoms with Gasteiger partial charge in [0.15, 0.2) is 5.82 Å². The Balaban J connectivity index is 0.890. The second-order valence-electron chi connectivity index (χ2n) is 13.4. The first-order chi connectivity index (χ1) is 24.4. The number of pyridine rings is 1. The Hall–Kier alpha value is -5.62. The first-order valence-corrected chi connectivity index (χ1v) is 17.3. The summed E-state index contributed by atoms with van der Waals surface area (Å²) in [4.78, 5) is 32.0. The number of hydrogen-bond acceptors (Lipinski definition) is 9. The van der Waals surface area contributed by atoms with Crippen molar-refractivity contribution in [3.63, 3.8) is 0 Å². The van der Waals surface area contributed by atoms with Crippen LogP contribution in [0.5, 0.6) is 5.75 Å². The quantitative estimate of drug-likeness (QED) is 0.178. The summed E-state index contributed by atoms with van der Waals surface area (Å²) >= 11 is 0. The molecule has 0 aliphatic carbocycles. The average molecular weight is 670 g/mol. The fourth-order valence-electron chi connectivity index (χ4n) is 7.63. The number of phenols is 1.